The standard InChI is InChI=1S/C6H12O.C4H9NO/c1-7-6-4-2-3-5-6;1-2-4(5)3-6/h6H,2-5H2,1H3;3-4H,2,5H2,1H3. The summed E-state index contributed by atoms with van der Waals surface area (Å²) >= 11 is 0. The summed E-state index contributed by atoms with van der Waals surface area (Å²) in [6, 6.07) is -0.245. The van der Waals surface area contributed by atoms with Crippen molar-refractivity contribution in [1.82, 2.24) is 0 Å². The number of hydrogen-bond acceptors (Lipinski definition) is 3. The van der Waals surface area contributed by atoms with E-state index in [4.69, 9.17) is 10.5 Å². The average molecular weight is 187 g/mol. The lowest BCUT2D eigenvalue weighted by Crippen LogP contribution is -2.19. The minimum atomic E-state index is -0.245. The first kappa shape index (κ1) is 12.6. The maximum atomic E-state index is 9.61. The molecule has 1 aliphatic carbocycles. The summed E-state index contributed by atoms with van der Waals surface area (Å²) in [5, 5.41) is 0. The predicted molar refractivity (Wildman–Crippen MR) is 53.6 cm³/mol. The Morgan fingerprint density at radius 1 is 1.54 bits per heavy atom. The molecule has 78 valence electrons. The zero-order valence-electron chi connectivity index (χ0n) is 8.66. The second-order valence-corrected chi connectivity index (χ2v) is 3.35. The fraction of sp³-hybridized carbons (Fsp3) is 0.900. The molecule has 0 bridgehead atoms. The number of hydrogen-bond donors (Lipinski definition) is 1. The van der Waals surface area contributed by atoms with Crippen molar-refractivity contribution in [3.63, 3.8) is 0 Å². The first-order valence-electron chi connectivity index (χ1n) is 4.98. The minimum Gasteiger partial charge on any atom is -0.381 e. The van der Waals surface area contributed by atoms with Crippen LogP contribution in [0.2, 0.25) is 0 Å². The molecule has 3 heteroatoms. The lowest BCUT2D eigenvalue weighted by atomic mass is 10.3. The van der Waals surface area contributed by atoms with Gasteiger partial charge in [-0.2, -0.15) is 0 Å². The number of nitrogens with two attached hydrogens (primary N) is 1. The Kier molecular flexibility index (Phi) is 7.94. The third-order valence-corrected chi connectivity index (χ3v) is 2.28. The van der Waals surface area contributed by atoms with Crippen molar-refractivity contribution in [2.45, 2.75) is 51.2 Å². The predicted octanol–water partition coefficient (Wildman–Crippen LogP) is 1.50. The van der Waals surface area contributed by atoms with Crippen LogP contribution >= 0.6 is 0 Å². The van der Waals surface area contributed by atoms with E-state index >= 15 is 0 Å². The van der Waals surface area contributed by atoms with Crippen LogP contribution in [0.15, 0.2) is 0 Å². The fourth-order valence-electron chi connectivity index (χ4n) is 1.22. The van der Waals surface area contributed by atoms with Gasteiger partial charge in [0.1, 0.15) is 6.29 Å². The first-order valence-corrected chi connectivity index (χ1v) is 4.98. The number of carbonyl (C=O) groups is 1. The number of aldehydes is 1. The summed E-state index contributed by atoms with van der Waals surface area (Å²) in [6.45, 7) is 1.87. The maximum absolute atomic E-state index is 9.61. The molecule has 13 heavy (non-hydrogen) atoms. The summed E-state index contributed by atoms with van der Waals surface area (Å²) < 4.78 is 5.11. The normalized spacial score (nSPS) is 19.0. The van der Waals surface area contributed by atoms with E-state index in [2.05, 4.69) is 0 Å². The van der Waals surface area contributed by atoms with Crippen LogP contribution in [-0.2, 0) is 9.53 Å². The molecule has 0 saturated heterocycles. The summed E-state index contributed by atoms with van der Waals surface area (Å²) in [7, 11) is 1.80. The number of carbonyl (C=O) groups excluding carboxylic acids is 1. The molecule has 1 unspecified atom stereocenters. The molecule has 0 aromatic heterocycles. The van der Waals surface area contributed by atoms with Crippen LogP contribution in [0.1, 0.15) is 39.0 Å². The second kappa shape index (κ2) is 8.20. The van der Waals surface area contributed by atoms with Gasteiger partial charge in [-0.1, -0.05) is 19.8 Å². The van der Waals surface area contributed by atoms with Crippen molar-refractivity contribution >= 4 is 6.29 Å². The van der Waals surface area contributed by atoms with Crippen molar-refractivity contribution in [3.8, 4) is 0 Å². The van der Waals surface area contributed by atoms with Crippen molar-refractivity contribution < 1.29 is 9.53 Å². The Labute approximate surface area is 80.6 Å². The van der Waals surface area contributed by atoms with Gasteiger partial charge in [-0.3, -0.25) is 0 Å². The van der Waals surface area contributed by atoms with E-state index in [0.29, 0.717) is 6.10 Å². The Balaban J connectivity index is 0.000000226. The topological polar surface area (TPSA) is 52.3 Å². The molecule has 0 aromatic rings. The Bertz CT molecular complexity index is 122. The summed E-state index contributed by atoms with van der Waals surface area (Å²) in [6.07, 6.45) is 7.41. The molecule has 0 amide bonds. The van der Waals surface area contributed by atoms with E-state index in [1.165, 1.54) is 25.7 Å². The van der Waals surface area contributed by atoms with Gasteiger partial charge in [0.05, 0.1) is 12.1 Å². The summed E-state index contributed by atoms with van der Waals surface area (Å²) in [5.41, 5.74) is 5.10. The highest BCUT2D eigenvalue weighted by atomic mass is 16.5. The molecular weight excluding hydrogens is 166 g/mol. The molecule has 0 spiro atoms. The summed E-state index contributed by atoms with van der Waals surface area (Å²) in [4.78, 5) is 9.61. The van der Waals surface area contributed by atoms with Crippen molar-refractivity contribution in [1.29, 1.82) is 0 Å². The summed E-state index contributed by atoms with van der Waals surface area (Å²) in [5.74, 6) is 0. The van der Waals surface area contributed by atoms with Gasteiger partial charge < -0.3 is 15.3 Å². The lowest BCUT2D eigenvalue weighted by Gasteiger charge is -2.02. The zero-order valence-corrected chi connectivity index (χ0v) is 8.66. The van der Waals surface area contributed by atoms with E-state index in [1.54, 1.807) is 7.11 Å². The van der Waals surface area contributed by atoms with E-state index < -0.39 is 0 Å². The molecule has 1 aliphatic rings. The third-order valence-electron chi connectivity index (χ3n) is 2.28. The largest absolute Gasteiger partial charge is 0.381 e. The van der Waals surface area contributed by atoms with Crippen molar-refractivity contribution in [3.05, 3.63) is 0 Å². The van der Waals surface area contributed by atoms with E-state index in [-0.39, 0.29) is 6.04 Å². The van der Waals surface area contributed by atoms with Gasteiger partial charge in [0.25, 0.3) is 0 Å². The van der Waals surface area contributed by atoms with Crippen LogP contribution in [0.3, 0.4) is 0 Å². The molecular formula is C10H21NO2. The lowest BCUT2D eigenvalue weighted by molar-refractivity contribution is -0.108. The third kappa shape index (κ3) is 6.72. The number of methoxy groups -OCH3 is 1. The highest BCUT2D eigenvalue weighted by Gasteiger charge is 2.12. The van der Waals surface area contributed by atoms with Gasteiger partial charge in [-0.25, -0.2) is 0 Å². The van der Waals surface area contributed by atoms with Crippen molar-refractivity contribution in [2.24, 2.45) is 5.73 Å². The monoisotopic (exact) mass is 187 g/mol. The molecule has 1 rings (SSSR count). The van der Waals surface area contributed by atoms with Crippen LogP contribution in [0.5, 0.6) is 0 Å². The highest BCUT2D eigenvalue weighted by Crippen LogP contribution is 2.19. The van der Waals surface area contributed by atoms with Gasteiger partial charge in [-0.05, 0) is 19.3 Å². The Morgan fingerprint density at radius 2 is 2.08 bits per heavy atom. The second-order valence-electron chi connectivity index (χ2n) is 3.35. The number of rotatable bonds is 3. The molecule has 1 saturated carbocycles. The quantitative estimate of drug-likeness (QED) is 0.681. The van der Waals surface area contributed by atoms with E-state index in [9.17, 15) is 4.79 Å². The van der Waals surface area contributed by atoms with E-state index in [0.717, 1.165) is 12.7 Å². The SMILES string of the molecule is CCC(N)C=O.COC1CCCC1. The van der Waals surface area contributed by atoms with Crippen LogP contribution in [0, 0.1) is 0 Å². The molecule has 1 atom stereocenters. The molecule has 3 nitrogen and oxygen atoms in total. The van der Waals surface area contributed by atoms with E-state index in [1.807, 2.05) is 6.92 Å². The van der Waals surface area contributed by atoms with Gasteiger partial charge in [0.15, 0.2) is 0 Å². The van der Waals surface area contributed by atoms with Crippen LogP contribution < -0.4 is 5.73 Å². The van der Waals surface area contributed by atoms with Crippen molar-refractivity contribution in [2.75, 3.05) is 7.11 Å². The first-order chi connectivity index (χ1) is 6.24. The molecule has 2 N–H and O–H groups in total. The van der Waals surface area contributed by atoms with Gasteiger partial charge >= 0.3 is 0 Å². The van der Waals surface area contributed by atoms with Gasteiger partial charge in [0.2, 0.25) is 0 Å². The molecule has 0 aliphatic heterocycles. The maximum Gasteiger partial charge on any atom is 0.136 e. The Morgan fingerprint density at radius 3 is 2.23 bits per heavy atom. The van der Waals surface area contributed by atoms with Crippen LogP contribution in [-0.4, -0.2) is 25.5 Å². The minimum absolute atomic E-state index is 0.245. The zero-order chi connectivity index (χ0) is 10.1. The molecule has 0 radical (unpaired) electrons. The van der Waals surface area contributed by atoms with Crippen LogP contribution in [0.4, 0.5) is 0 Å². The fourth-order valence-corrected chi connectivity index (χ4v) is 1.22. The average Bonchev–Trinajstić information content (AvgIpc) is 2.70. The smallest absolute Gasteiger partial charge is 0.136 e. The Hall–Kier alpha value is -0.410. The highest BCUT2D eigenvalue weighted by molar-refractivity contribution is 5.56. The number of ether oxygens (including phenoxy) is 1. The van der Waals surface area contributed by atoms with Gasteiger partial charge in [0, 0.05) is 7.11 Å². The van der Waals surface area contributed by atoms with Crippen LogP contribution in [0.25, 0.3) is 0 Å². The van der Waals surface area contributed by atoms with Gasteiger partial charge in [-0.15, -0.1) is 0 Å². The molecule has 0 aromatic carbocycles. The molecule has 1 fully saturated rings. The molecule has 0 heterocycles.